The average molecular weight is 384 g/mol. The van der Waals surface area contributed by atoms with Gasteiger partial charge >= 0.3 is 0 Å². The van der Waals surface area contributed by atoms with E-state index in [1.54, 1.807) is 60.3 Å². The van der Waals surface area contributed by atoms with Crippen molar-refractivity contribution in [2.24, 2.45) is 0 Å². The van der Waals surface area contributed by atoms with Crippen molar-refractivity contribution >= 4 is 29.7 Å². The van der Waals surface area contributed by atoms with Gasteiger partial charge in [0.1, 0.15) is 0 Å². The average Bonchev–Trinajstić information content (AvgIpc) is 2.65. The van der Waals surface area contributed by atoms with Gasteiger partial charge in [-0.25, -0.2) is 0 Å². The fourth-order valence-corrected chi connectivity index (χ4v) is 3.79. The van der Waals surface area contributed by atoms with Gasteiger partial charge in [0.05, 0.1) is 14.2 Å². The zero-order valence-electron chi connectivity index (χ0n) is 15.1. The number of benzene rings is 2. The molecule has 140 valence electrons. The summed E-state index contributed by atoms with van der Waals surface area (Å²) in [6.45, 7) is 0. The second kappa shape index (κ2) is 8.22. The van der Waals surface area contributed by atoms with Crippen LogP contribution in [-0.4, -0.2) is 41.7 Å². The molecule has 1 heterocycles. The van der Waals surface area contributed by atoms with E-state index in [9.17, 15) is 15.0 Å². The Balaban J connectivity index is 1.87. The fraction of sp³-hybridized carbons (Fsp3) is 0.190. The van der Waals surface area contributed by atoms with Crippen LogP contribution in [0.1, 0.15) is 11.1 Å². The Bertz CT molecular complexity index is 857. The summed E-state index contributed by atoms with van der Waals surface area (Å²) in [5.74, 6) is 2.04. The van der Waals surface area contributed by atoms with Crippen molar-refractivity contribution in [3.63, 3.8) is 0 Å². The van der Waals surface area contributed by atoms with Gasteiger partial charge in [-0.1, -0.05) is 12.1 Å². The summed E-state index contributed by atoms with van der Waals surface area (Å²) in [6.07, 6.45) is 3.57. The predicted molar refractivity (Wildman–Crippen MR) is 108 cm³/mol. The first-order chi connectivity index (χ1) is 13.0. The Morgan fingerprint density at radius 3 is 1.67 bits per heavy atom. The molecule has 2 aromatic rings. The normalized spacial score (nSPS) is 17.3. The maximum Gasteiger partial charge on any atom is 0.186 e. The lowest BCUT2D eigenvalue weighted by Gasteiger charge is -2.16. The smallest absolute Gasteiger partial charge is 0.186 e. The van der Waals surface area contributed by atoms with Crippen LogP contribution in [0.25, 0.3) is 12.2 Å². The van der Waals surface area contributed by atoms with E-state index in [1.165, 1.54) is 14.2 Å². The maximum atomic E-state index is 12.8. The first kappa shape index (κ1) is 18.9. The number of carbonyl (C=O) groups is 1. The van der Waals surface area contributed by atoms with Crippen molar-refractivity contribution in [2.75, 3.05) is 25.7 Å². The molecule has 0 spiro atoms. The first-order valence-electron chi connectivity index (χ1n) is 8.29. The van der Waals surface area contributed by atoms with Crippen molar-refractivity contribution in [3.05, 3.63) is 58.7 Å². The molecule has 0 saturated carbocycles. The first-order valence-corrected chi connectivity index (χ1v) is 9.45. The van der Waals surface area contributed by atoms with Crippen molar-refractivity contribution in [1.29, 1.82) is 0 Å². The standard InChI is InChI=1S/C21H20O5S/c1-25-19-5-3-13(9-17(19)22)7-15-11-27-12-16(21(15)24)8-14-4-6-20(26-2)18(23)10-14/h3-10,22-23H,11-12H2,1-2H3/b15-7-,16-8-. The van der Waals surface area contributed by atoms with Crippen LogP contribution in [0.5, 0.6) is 23.0 Å². The third kappa shape index (κ3) is 4.28. The summed E-state index contributed by atoms with van der Waals surface area (Å²) >= 11 is 1.65. The van der Waals surface area contributed by atoms with Crippen molar-refractivity contribution in [2.45, 2.75) is 0 Å². The number of ether oxygens (including phenoxy) is 2. The van der Waals surface area contributed by atoms with Gasteiger partial charge in [-0.3, -0.25) is 4.79 Å². The van der Waals surface area contributed by atoms with Crippen molar-refractivity contribution < 1.29 is 24.5 Å². The number of Topliss-reactive ketones (excluding diaryl/α,β-unsaturated/α-hetero) is 1. The van der Waals surface area contributed by atoms with Crippen LogP contribution in [0.3, 0.4) is 0 Å². The minimum atomic E-state index is -0.0284. The van der Waals surface area contributed by atoms with Gasteiger partial charge < -0.3 is 19.7 Å². The number of rotatable bonds is 4. The van der Waals surface area contributed by atoms with Crippen LogP contribution < -0.4 is 9.47 Å². The number of phenolic OH excluding ortho intramolecular Hbond substituents is 2. The molecule has 0 aliphatic carbocycles. The van der Waals surface area contributed by atoms with E-state index in [0.717, 1.165) is 11.1 Å². The number of thioether (sulfide) groups is 1. The largest absolute Gasteiger partial charge is 0.504 e. The highest BCUT2D eigenvalue weighted by atomic mass is 32.2. The Morgan fingerprint density at radius 1 is 0.852 bits per heavy atom. The van der Waals surface area contributed by atoms with E-state index in [0.29, 0.717) is 34.2 Å². The molecule has 1 saturated heterocycles. The number of carbonyl (C=O) groups excluding carboxylic acids is 1. The molecule has 2 aromatic carbocycles. The van der Waals surface area contributed by atoms with E-state index in [1.807, 2.05) is 0 Å². The van der Waals surface area contributed by atoms with Crippen molar-refractivity contribution in [3.8, 4) is 23.0 Å². The van der Waals surface area contributed by atoms with Crippen LogP contribution in [0.4, 0.5) is 0 Å². The van der Waals surface area contributed by atoms with Gasteiger partial charge in [-0.2, -0.15) is 11.8 Å². The number of hydrogen-bond donors (Lipinski definition) is 2. The lowest BCUT2D eigenvalue weighted by Crippen LogP contribution is -2.16. The molecular formula is C21H20O5S. The second-order valence-electron chi connectivity index (χ2n) is 6.02. The summed E-state index contributed by atoms with van der Waals surface area (Å²) in [5, 5.41) is 19.8. The molecule has 1 fully saturated rings. The Morgan fingerprint density at radius 2 is 1.30 bits per heavy atom. The molecule has 0 aromatic heterocycles. The van der Waals surface area contributed by atoms with Gasteiger partial charge in [0.2, 0.25) is 0 Å². The second-order valence-corrected chi connectivity index (χ2v) is 7.01. The minimum absolute atomic E-state index is 0.0284. The van der Waals surface area contributed by atoms with Crippen LogP contribution in [0, 0.1) is 0 Å². The highest BCUT2D eigenvalue weighted by Crippen LogP contribution is 2.32. The van der Waals surface area contributed by atoms with Crippen LogP contribution in [0.15, 0.2) is 47.5 Å². The van der Waals surface area contributed by atoms with Gasteiger partial charge in [0, 0.05) is 22.7 Å². The summed E-state index contributed by atoms with van der Waals surface area (Å²) in [4.78, 5) is 12.8. The number of hydrogen-bond acceptors (Lipinski definition) is 6. The molecule has 0 bridgehead atoms. The molecule has 0 radical (unpaired) electrons. The number of methoxy groups -OCH3 is 2. The topological polar surface area (TPSA) is 76.0 Å². The third-order valence-corrected chi connectivity index (χ3v) is 5.22. The van der Waals surface area contributed by atoms with Gasteiger partial charge in [0.15, 0.2) is 28.8 Å². The molecule has 2 N–H and O–H groups in total. The summed E-state index contributed by atoms with van der Waals surface area (Å²) < 4.78 is 10.1. The molecule has 1 aliphatic heterocycles. The number of ketones is 1. The Kier molecular flexibility index (Phi) is 5.76. The zero-order chi connectivity index (χ0) is 19.4. The number of phenols is 2. The Labute approximate surface area is 161 Å². The molecule has 0 atom stereocenters. The van der Waals surface area contributed by atoms with Gasteiger partial charge in [0.25, 0.3) is 0 Å². The molecule has 0 unspecified atom stereocenters. The van der Waals surface area contributed by atoms with E-state index < -0.39 is 0 Å². The zero-order valence-corrected chi connectivity index (χ0v) is 15.9. The van der Waals surface area contributed by atoms with Crippen molar-refractivity contribution in [1.82, 2.24) is 0 Å². The summed E-state index contributed by atoms with van der Waals surface area (Å²) in [5.41, 5.74) is 2.81. The summed E-state index contributed by atoms with van der Waals surface area (Å²) in [7, 11) is 2.98. The SMILES string of the molecule is COc1ccc(/C=C2/CSC/C(=C/c3ccc(OC)c(O)c3)C2=O)cc1O. The van der Waals surface area contributed by atoms with Crippen LogP contribution in [0.2, 0.25) is 0 Å². The highest BCUT2D eigenvalue weighted by molar-refractivity contribution is 7.99. The predicted octanol–water partition coefficient (Wildman–Crippen LogP) is 3.90. The minimum Gasteiger partial charge on any atom is -0.504 e. The monoisotopic (exact) mass is 384 g/mol. The van der Waals surface area contributed by atoms with E-state index in [-0.39, 0.29) is 17.3 Å². The molecule has 5 nitrogen and oxygen atoms in total. The maximum absolute atomic E-state index is 12.8. The van der Waals surface area contributed by atoms with E-state index >= 15 is 0 Å². The quantitative estimate of drug-likeness (QED) is 0.779. The highest BCUT2D eigenvalue weighted by Gasteiger charge is 2.21. The molecule has 27 heavy (non-hydrogen) atoms. The summed E-state index contributed by atoms with van der Waals surface area (Å²) in [6, 6.07) is 10.1. The van der Waals surface area contributed by atoms with Crippen LogP contribution in [-0.2, 0) is 4.79 Å². The van der Waals surface area contributed by atoms with Crippen LogP contribution >= 0.6 is 11.8 Å². The van der Waals surface area contributed by atoms with E-state index in [2.05, 4.69) is 0 Å². The molecular weight excluding hydrogens is 364 g/mol. The lowest BCUT2D eigenvalue weighted by molar-refractivity contribution is -0.112. The molecule has 6 heteroatoms. The fourth-order valence-electron chi connectivity index (χ4n) is 2.82. The van der Waals surface area contributed by atoms with Gasteiger partial charge in [-0.05, 0) is 47.5 Å². The van der Waals surface area contributed by atoms with E-state index in [4.69, 9.17) is 9.47 Å². The lowest BCUT2D eigenvalue weighted by atomic mass is 10.0. The molecule has 1 aliphatic rings. The molecule has 3 rings (SSSR count). The molecule has 0 amide bonds. The van der Waals surface area contributed by atoms with Gasteiger partial charge in [-0.15, -0.1) is 0 Å². The number of aromatic hydroxyl groups is 2. The third-order valence-electron chi connectivity index (χ3n) is 4.19. The Hall–Kier alpha value is -2.86.